The van der Waals surface area contributed by atoms with Gasteiger partial charge in [0.1, 0.15) is 12.1 Å². The lowest BCUT2D eigenvalue weighted by atomic mass is 10.2. The molecular weight excluding hydrogens is 406 g/mol. The van der Waals surface area contributed by atoms with Crippen molar-refractivity contribution in [1.29, 1.82) is 0 Å². The predicted octanol–water partition coefficient (Wildman–Crippen LogP) is 4.55. The van der Waals surface area contributed by atoms with Crippen molar-refractivity contribution >= 4 is 22.6 Å². The van der Waals surface area contributed by atoms with Crippen LogP contribution >= 0.6 is 0 Å². The highest BCUT2D eigenvalue weighted by Gasteiger charge is 2.09. The van der Waals surface area contributed by atoms with E-state index in [9.17, 15) is 4.79 Å². The largest absolute Gasteiger partial charge is 0.485 e. The Morgan fingerprint density at radius 1 is 1.03 bits per heavy atom. The van der Waals surface area contributed by atoms with E-state index in [0.717, 1.165) is 16.7 Å². The van der Waals surface area contributed by atoms with Crippen molar-refractivity contribution in [2.45, 2.75) is 13.5 Å². The minimum absolute atomic E-state index is 0.192. The minimum atomic E-state index is -0.192. The number of fused-ring (bicyclic) bond motifs is 1. The molecule has 0 saturated carbocycles. The van der Waals surface area contributed by atoms with Crippen LogP contribution in [-0.2, 0) is 6.61 Å². The van der Waals surface area contributed by atoms with Gasteiger partial charge in [0.2, 0.25) is 11.7 Å². The van der Waals surface area contributed by atoms with Gasteiger partial charge in [-0.2, -0.15) is 4.98 Å². The van der Waals surface area contributed by atoms with Crippen LogP contribution in [0.15, 0.2) is 83.6 Å². The number of hydrogen-bond donors (Lipinski definition) is 1. The molecule has 0 unspecified atom stereocenters. The second kappa shape index (κ2) is 8.35. The standard InChI is InChI=1S/C24H19N5O3/c1-16-26-23(28-32-16)14-31-20-12-8-18(9-13-20)27-24(30)17-6-10-19(11-7-17)29-15-25-21-4-2-3-5-22(21)29/h2-13,15H,14H2,1H3,(H,27,30). The second-order valence-electron chi connectivity index (χ2n) is 7.15. The number of hydrogen-bond acceptors (Lipinski definition) is 6. The van der Waals surface area contributed by atoms with Crippen molar-refractivity contribution in [3.05, 3.63) is 96.4 Å². The molecule has 0 aliphatic carbocycles. The molecule has 2 heterocycles. The zero-order chi connectivity index (χ0) is 21.9. The fourth-order valence-electron chi connectivity index (χ4n) is 3.32. The van der Waals surface area contributed by atoms with Gasteiger partial charge in [-0.1, -0.05) is 17.3 Å². The van der Waals surface area contributed by atoms with Gasteiger partial charge in [0.25, 0.3) is 5.91 Å². The molecule has 3 aromatic carbocycles. The van der Waals surface area contributed by atoms with Crippen molar-refractivity contribution in [3.8, 4) is 11.4 Å². The summed E-state index contributed by atoms with van der Waals surface area (Å²) in [6.45, 7) is 1.93. The van der Waals surface area contributed by atoms with Gasteiger partial charge >= 0.3 is 0 Å². The number of ether oxygens (including phenoxy) is 1. The first kappa shape index (κ1) is 19.5. The molecule has 0 bridgehead atoms. The number of rotatable bonds is 6. The first-order valence-electron chi connectivity index (χ1n) is 10.0. The maximum atomic E-state index is 12.6. The van der Waals surface area contributed by atoms with Gasteiger partial charge in [-0.15, -0.1) is 0 Å². The van der Waals surface area contributed by atoms with Crippen molar-refractivity contribution in [3.63, 3.8) is 0 Å². The average molecular weight is 425 g/mol. The Kier molecular flexibility index (Phi) is 5.09. The third-order valence-electron chi connectivity index (χ3n) is 4.91. The van der Waals surface area contributed by atoms with E-state index >= 15 is 0 Å². The number of aryl methyl sites for hydroxylation is 1. The molecule has 1 N–H and O–H groups in total. The SMILES string of the molecule is Cc1nc(COc2ccc(NC(=O)c3ccc(-n4cnc5ccccc54)cc3)cc2)no1. The smallest absolute Gasteiger partial charge is 0.255 e. The van der Waals surface area contributed by atoms with Crippen molar-refractivity contribution < 1.29 is 14.1 Å². The number of aromatic nitrogens is 4. The molecule has 5 aromatic rings. The van der Waals surface area contributed by atoms with Crippen LogP contribution in [0.5, 0.6) is 5.75 Å². The first-order chi connectivity index (χ1) is 15.7. The zero-order valence-corrected chi connectivity index (χ0v) is 17.2. The zero-order valence-electron chi connectivity index (χ0n) is 17.2. The van der Waals surface area contributed by atoms with E-state index in [4.69, 9.17) is 9.26 Å². The van der Waals surface area contributed by atoms with E-state index < -0.39 is 0 Å². The Bertz CT molecular complexity index is 1370. The average Bonchev–Trinajstić information content (AvgIpc) is 3.45. The number of amides is 1. The second-order valence-corrected chi connectivity index (χ2v) is 7.15. The number of carbonyl (C=O) groups excluding carboxylic acids is 1. The predicted molar refractivity (Wildman–Crippen MR) is 119 cm³/mol. The Hall–Kier alpha value is -4.46. The molecule has 0 aliphatic heterocycles. The molecular formula is C24H19N5O3. The van der Waals surface area contributed by atoms with E-state index in [-0.39, 0.29) is 12.5 Å². The summed E-state index contributed by atoms with van der Waals surface area (Å²) in [7, 11) is 0. The van der Waals surface area contributed by atoms with Gasteiger partial charge < -0.3 is 14.6 Å². The maximum absolute atomic E-state index is 12.6. The molecule has 32 heavy (non-hydrogen) atoms. The summed E-state index contributed by atoms with van der Waals surface area (Å²) in [5.41, 5.74) is 4.11. The molecule has 8 nitrogen and oxygen atoms in total. The Morgan fingerprint density at radius 3 is 2.56 bits per heavy atom. The third kappa shape index (κ3) is 4.06. The monoisotopic (exact) mass is 425 g/mol. The van der Waals surface area contributed by atoms with Crippen molar-refractivity contribution in [2.24, 2.45) is 0 Å². The summed E-state index contributed by atoms with van der Waals surface area (Å²) < 4.78 is 12.5. The topological polar surface area (TPSA) is 95.1 Å². The molecule has 0 spiro atoms. The van der Waals surface area contributed by atoms with Gasteiger partial charge in [-0.3, -0.25) is 9.36 Å². The van der Waals surface area contributed by atoms with Crippen LogP contribution in [0.25, 0.3) is 16.7 Å². The van der Waals surface area contributed by atoms with Crippen molar-refractivity contribution in [2.75, 3.05) is 5.32 Å². The van der Waals surface area contributed by atoms with Crippen LogP contribution in [0.3, 0.4) is 0 Å². The summed E-state index contributed by atoms with van der Waals surface area (Å²) >= 11 is 0. The Balaban J connectivity index is 1.23. The highest BCUT2D eigenvalue weighted by Crippen LogP contribution is 2.20. The number of nitrogens with zero attached hydrogens (tertiary/aromatic N) is 4. The molecule has 0 fully saturated rings. The van der Waals surface area contributed by atoms with Crippen LogP contribution in [-0.4, -0.2) is 25.6 Å². The highest BCUT2D eigenvalue weighted by molar-refractivity contribution is 6.04. The minimum Gasteiger partial charge on any atom is -0.485 e. The van der Waals surface area contributed by atoms with E-state index in [1.807, 2.05) is 41.0 Å². The number of carbonyl (C=O) groups is 1. The summed E-state index contributed by atoms with van der Waals surface area (Å²) in [4.78, 5) is 21.1. The third-order valence-corrected chi connectivity index (χ3v) is 4.91. The lowest BCUT2D eigenvalue weighted by molar-refractivity contribution is 0.102. The van der Waals surface area contributed by atoms with Crippen molar-refractivity contribution in [1.82, 2.24) is 19.7 Å². The van der Waals surface area contributed by atoms with Gasteiger partial charge in [-0.25, -0.2) is 4.98 Å². The quantitative estimate of drug-likeness (QED) is 0.429. The first-order valence-corrected chi connectivity index (χ1v) is 10.0. The Morgan fingerprint density at radius 2 is 1.81 bits per heavy atom. The van der Waals surface area contributed by atoms with Crippen LogP contribution in [0.2, 0.25) is 0 Å². The maximum Gasteiger partial charge on any atom is 0.255 e. The van der Waals surface area contributed by atoms with E-state index in [1.165, 1.54) is 0 Å². The fraction of sp³-hybridized carbons (Fsp3) is 0.0833. The molecule has 0 atom stereocenters. The Labute approximate surface area is 183 Å². The van der Waals surface area contributed by atoms with Gasteiger partial charge in [0.15, 0.2) is 6.61 Å². The van der Waals surface area contributed by atoms with E-state index in [1.54, 1.807) is 49.6 Å². The summed E-state index contributed by atoms with van der Waals surface area (Å²) in [5.74, 6) is 1.42. The van der Waals surface area contributed by atoms with Gasteiger partial charge in [0.05, 0.1) is 11.0 Å². The van der Waals surface area contributed by atoms with Crippen LogP contribution in [0.4, 0.5) is 5.69 Å². The molecule has 5 rings (SSSR count). The molecule has 0 aliphatic rings. The van der Waals surface area contributed by atoms with E-state index in [2.05, 4.69) is 20.4 Å². The normalized spacial score (nSPS) is 10.9. The van der Waals surface area contributed by atoms with Gasteiger partial charge in [-0.05, 0) is 60.7 Å². The molecule has 0 radical (unpaired) electrons. The lowest BCUT2D eigenvalue weighted by Crippen LogP contribution is -2.11. The number of nitrogens with one attached hydrogen (secondary N) is 1. The number of imidazole rings is 1. The molecule has 2 aromatic heterocycles. The van der Waals surface area contributed by atoms with Crippen LogP contribution in [0, 0.1) is 6.92 Å². The highest BCUT2D eigenvalue weighted by atomic mass is 16.5. The summed E-state index contributed by atoms with van der Waals surface area (Å²) in [6, 6.07) is 22.4. The summed E-state index contributed by atoms with van der Waals surface area (Å²) in [5, 5.41) is 6.68. The number of anilines is 1. The van der Waals surface area contributed by atoms with E-state index in [0.29, 0.717) is 28.7 Å². The molecule has 1 amide bonds. The summed E-state index contributed by atoms with van der Waals surface area (Å²) in [6.07, 6.45) is 1.78. The fourth-order valence-corrected chi connectivity index (χ4v) is 3.32. The van der Waals surface area contributed by atoms with Gasteiger partial charge in [0, 0.05) is 23.9 Å². The van der Waals surface area contributed by atoms with Crippen LogP contribution in [0.1, 0.15) is 22.1 Å². The number of benzene rings is 3. The number of para-hydroxylation sites is 2. The van der Waals surface area contributed by atoms with Crippen LogP contribution < -0.4 is 10.1 Å². The molecule has 0 saturated heterocycles. The molecule has 8 heteroatoms. The lowest BCUT2D eigenvalue weighted by Gasteiger charge is -2.09. The molecule has 158 valence electrons.